The van der Waals surface area contributed by atoms with E-state index in [9.17, 15) is 5.11 Å². The van der Waals surface area contributed by atoms with Crippen molar-refractivity contribution in [2.24, 2.45) is 0 Å². The van der Waals surface area contributed by atoms with Gasteiger partial charge in [0.15, 0.2) is 0 Å². The molecule has 2 rings (SSSR count). The highest BCUT2D eigenvalue weighted by atomic mass is 16.3. The molecule has 1 aliphatic rings. The molecule has 1 aromatic rings. The fraction of sp³-hybridized carbons (Fsp3) is 0.455. The molecule has 1 fully saturated rings. The number of rotatable bonds is 1. The summed E-state index contributed by atoms with van der Waals surface area (Å²) in [6, 6.07) is 10.3. The van der Waals surface area contributed by atoms with Crippen LogP contribution in [0.5, 0.6) is 0 Å². The van der Waals surface area contributed by atoms with Crippen LogP contribution in [0.3, 0.4) is 0 Å². The SMILES string of the molecule is O[C@@H]1CNCC[C@H]1c1ccccc1. The van der Waals surface area contributed by atoms with Crippen LogP contribution in [0.15, 0.2) is 30.3 Å². The molecular formula is C11H15NO. The van der Waals surface area contributed by atoms with E-state index >= 15 is 0 Å². The fourth-order valence-electron chi connectivity index (χ4n) is 1.93. The van der Waals surface area contributed by atoms with Crippen LogP contribution in [0, 0.1) is 0 Å². The van der Waals surface area contributed by atoms with Crippen molar-refractivity contribution in [3.63, 3.8) is 0 Å². The molecule has 1 aliphatic heterocycles. The summed E-state index contributed by atoms with van der Waals surface area (Å²) in [7, 11) is 0. The van der Waals surface area contributed by atoms with Gasteiger partial charge in [0.05, 0.1) is 6.10 Å². The van der Waals surface area contributed by atoms with Gasteiger partial charge in [0, 0.05) is 12.5 Å². The van der Waals surface area contributed by atoms with E-state index in [0.717, 1.165) is 19.5 Å². The van der Waals surface area contributed by atoms with Crippen LogP contribution in [-0.4, -0.2) is 24.3 Å². The summed E-state index contributed by atoms with van der Waals surface area (Å²) < 4.78 is 0. The Balaban J connectivity index is 2.15. The lowest BCUT2D eigenvalue weighted by molar-refractivity contribution is 0.118. The molecule has 0 aliphatic carbocycles. The lowest BCUT2D eigenvalue weighted by Crippen LogP contribution is -2.39. The Hall–Kier alpha value is -0.860. The van der Waals surface area contributed by atoms with Gasteiger partial charge in [0.1, 0.15) is 0 Å². The van der Waals surface area contributed by atoms with Crippen molar-refractivity contribution < 1.29 is 5.11 Å². The summed E-state index contributed by atoms with van der Waals surface area (Å²) in [5, 5.41) is 12.9. The second-order valence-corrected chi connectivity index (χ2v) is 3.58. The molecule has 2 nitrogen and oxygen atoms in total. The molecular weight excluding hydrogens is 162 g/mol. The molecule has 70 valence electrons. The van der Waals surface area contributed by atoms with Crippen molar-refractivity contribution in [3.8, 4) is 0 Å². The van der Waals surface area contributed by atoms with Crippen molar-refractivity contribution in [1.29, 1.82) is 0 Å². The van der Waals surface area contributed by atoms with E-state index in [1.807, 2.05) is 18.2 Å². The van der Waals surface area contributed by atoms with Crippen molar-refractivity contribution >= 4 is 0 Å². The zero-order valence-electron chi connectivity index (χ0n) is 7.61. The maximum atomic E-state index is 9.76. The molecule has 1 heterocycles. The highest BCUT2D eigenvalue weighted by Gasteiger charge is 2.23. The number of hydrogen-bond acceptors (Lipinski definition) is 2. The predicted octanol–water partition coefficient (Wildman–Crippen LogP) is 1.12. The van der Waals surface area contributed by atoms with Crippen molar-refractivity contribution in [2.75, 3.05) is 13.1 Å². The average Bonchev–Trinajstić information content (AvgIpc) is 2.20. The Labute approximate surface area is 78.6 Å². The first-order valence-electron chi connectivity index (χ1n) is 4.81. The van der Waals surface area contributed by atoms with Gasteiger partial charge < -0.3 is 10.4 Å². The number of nitrogens with one attached hydrogen (secondary N) is 1. The minimum absolute atomic E-state index is 0.226. The Kier molecular flexibility index (Phi) is 2.62. The normalized spacial score (nSPS) is 28.7. The summed E-state index contributed by atoms with van der Waals surface area (Å²) in [4.78, 5) is 0. The summed E-state index contributed by atoms with van der Waals surface area (Å²) in [5.74, 6) is 0.322. The smallest absolute Gasteiger partial charge is 0.0733 e. The summed E-state index contributed by atoms with van der Waals surface area (Å²) in [5.41, 5.74) is 1.26. The zero-order chi connectivity index (χ0) is 9.10. The second-order valence-electron chi connectivity index (χ2n) is 3.58. The molecule has 0 spiro atoms. The molecule has 1 aromatic carbocycles. The van der Waals surface area contributed by atoms with Crippen LogP contribution in [0.2, 0.25) is 0 Å². The molecule has 0 radical (unpaired) electrons. The number of benzene rings is 1. The Morgan fingerprint density at radius 1 is 1.23 bits per heavy atom. The van der Waals surface area contributed by atoms with Crippen LogP contribution < -0.4 is 5.32 Å². The Morgan fingerprint density at radius 3 is 2.69 bits per heavy atom. The maximum absolute atomic E-state index is 9.76. The first-order chi connectivity index (χ1) is 6.38. The molecule has 0 unspecified atom stereocenters. The standard InChI is InChI=1S/C11H15NO/c13-11-8-12-7-6-10(11)9-4-2-1-3-5-9/h1-5,10-13H,6-8H2/t10-,11+/m0/s1. The number of piperidine rings is 1. The maximum Gasteiger partial charge on any atom is 0.0733 e. The molecule has 1 saturated heterocycles. The molecule has 2 atom stereocenters. The minimum atomic E-state index is -0.226. The summed E-state index contributed by atoms with van der Waals surface area (Å²) >= 11 is 0. The van der Waals surface area contributed by atoms with Gasteiger partial charge in [-0.2, -0.15) is 0 Å². The minimum Gasteiger partial charge on any atom is -0.391 e. The Bertz CT molecular complexity index is 260. The van der Waals surface area contributed by atoms with Crippen molar-refractivity contribution in [3.05, 3.63) is 35.9 Å². The molecule has 0 saturated carbocycles. The van der Waals surface area contributed by atoms with Gasteiger partial charge >= 0.3 is 0 Å². The van der Waals surface area contributed by atoms with Crippen LogP contribution in [0.4, 0.5) is 0 Å². The van der Waals surface area contributed by atoms with E-state index in [-0.39, 0.29) is 6.10 Å². The van der Waals surface area contributed by atoms with Gasteiger partial charge in [-0.1, -0.05) is 30.3 Å². The van der Waals surface area contributed by atoms with Gasteiger partial charge in [0.2, 0.25) is 0 Å². The van der Waals surface area contributed by atoms with Crippen molar-refractivity contribution in [1.82, 2.24) is 5.32 Å². The van der Waals surface area contributed by atoms with E-state index < -0.39 is 0 Å². The van der Waals surface area contributed by atoms with Gasteiger partial charge in [-0.05, 0) is 18.5 Å². The largest absolute Gasteiger partial charge is 0.391 e. The van der Waals surface area contributed by atoms with E-state index in [4.69, 9.17) is 0 Å². The molecule has 2 heteroatoms. The van der Waals surface area contributed by atoms with Crippen LogP contribution in [0.25, 0.3) is 0 Å². The van der Waals surface area contributed by atoms with Crippen LogP contribution in [-0.2, 0) is 0 Å². The lowest BCUT2D eigenvalue weighted by atomic mass is 9.88. The quantitative estimate of drug-likeness (QED) is 0.674. The second kappa shape index (κ2) is 3.90. The first-order valence-corrected chi connectivity index (χ1v) is 4.81. The molecule has 2 N–H and O–H groups in total. The van der Waals surface area contributed by atoms with E-state index in [2.05, 4.69) is 17.4 Å². The highest BCUT2D eigenvalue weighted by molar-refractivity contribution is 5.21. The molecule has 0 bridgehead atoms. The first kappa shape index (κ1) is 8.73. The van der Waals surface area contributed by atoms with Gasteiger partial charge in [-0.25, -0.2) is 0 Å². The lowest BCUT2D eigenvalue weighted by Gasteiger charge is -2.28. The summed E-state index contributed by atoms with van der Waals surface area (Å²) in [6.07, 6.45) is 0.807. The van der Waals surface area contributed by atoms with E-state index in [0.29, 0.717) is 5.92 Å². The molecule has 0 amide bonds. The number of β-amino-alcohol motifs (C(OH)–C–C–N with tert-alkyl or cyclic N) is 1. The molecule has 13 heavy (non-hydrogen) atoms. The van der Waals surface area contributed by atoms with E-state index in [1.165, 1.54) is 5.56 Å². The third-order valence-corrected chi connectivity index (χ3v) is 2.68. The zero-order valence-corrected chi connectivity index (χ0v) is 7.61. The predicted molar refractivity (Wildman–Crippen MR) is 52.7 cm³/mol. The average molecular weight is 177 g/mol. The molecule has 0 aromatic heterocycles. The number of aliphatic hydroxyl groups excluding tert-OH is 1. The van der Waals surface area contributed by atoms with Crippen LogP contribution in [0.1, 0.15) is 17.9 Å². The fourth-order valence-corrected chi connectivity index (χ4v) is 1.93. The van der Waals surface area contributed by atoms with E-state index in [1.54, 1.807) is 0 Å². The van der Waals surface area contributed by atoms with Crippen LogP contribution >= 0.6 is 0 Å². The van der Waals surface area contributed by atoms with Gasteiger partial charge in [-0.3, -0.25) is 0 Å². The van der Waals surface area contributed by atoms with Gasteiger partial charge in [-0.15, -0.1) is 0 Å². The Morgan fingerprint density at radius 2 is 2.00 bits per heavy atom. The highest BCUT2D eigenvalue weighted by Crippen LogP contribution is 2.24. The van der Waals surface area contributed by atoms with Gasteiger partial charge in [0.25, 0.3) is 0 Å². The number of aliphatic hydroxyl groups is 1. The third-order valence-electron chi connectivity index (χ3n) is 2.68. The third kappa shape index (κ3) is 1.90. The monoisotopic (exact) mass is 177 g/mol. The number of hydrogen-bond donors (Lipinski definition) is 2. The summed E-state index contributed by atoms with van der Waals surface area (Å²) in [6.45, 7) is 1.73. The topological polar surface area (TPSA) is 32.3 Å². The van der Waals surface area contributed by atoms with Crippen molar-refractivity contribution in [2.45, 2.75) is 18.4 Å².